The molecule has 1 aliphatic rings. The number of halogens is 3. The van der Waals surface area contributed by atoms with Crippen LogP contribution in [-0.2, 0) is 45.0 Å². The molecule has 270 valence electrons. The van der Waals surface area contributed by atoms with Gasteiger partial charge in [-0.15, -0.1) is 0 Å². The Bertz CT molecular complexity index is 1940. The first-order chi connectivity index (χ1) is 24.3. The Morgan fingerprint density at radius 1 is 1.08 bits per heavy atom. The summed E-state index contributed by atoms with van der Waals surface area (Å²) in [5, 5.41) is 19.5. The van der Waals surface area contributed by atoms with Gasteiger partial charge < -0.3 is 36.5 Å². The minimum Gasteiger partial charge on any atom is -0.508 e. The number of carbonyl (C=O) groups excluding carboxylic acids is 4. The number of aryl methyl sites for hydroxylation is 2. The molecular weight excluding hydrogens is 700 g/mol. The Hall–Kier alpha value is -4.81. The van der Waals surface area contributed by atoms with Gasteiger partial charge in [0.1, 0.15) is 35.8 Å². The average Bonchev–Trinajstić information content (AvgIpc) is 3.46. The summed E-state index contributed by atoms with van der Waals surface area (Å²) in [5.74, 6) is -2.81. The fraction of sp³-hybridized carbons (Fsp3) is 0.351. The Labute approximate surface area is 304 Å². The van der Waals surface area contributed by atoms with Gasteiger partial charge in [-0.05, 0) is 73.1 Å². The van der Waals surface area contributed by atoms with Gasteiger partial charge in [0.15, 0.2) is 0 Å². The van der Waals surface area contributed by atoms with Crippen LogP contribution in [-0.4, -0.2) is 51.5 Å². The van der Waals surface area contributed by atoms with Crippen molar-refractivity contribution in [2.24, 2.45) is 11.7 Å². The maximum Gasteiger partial charge on any atom is 0.408 e. The van der Waals surface area contributed by atoms with Crippen LogP contribution in [0, 0.1) is 11.7 Å². The summed E-state index contributed by atoms with van der Waals surface area (Å²) >= 11 is 12.9. The molecule has 1 unspecified atom stereocenters. The molecule has 51 heavy (non-hydrogen) atoms. The molecule has 1 heterocycles. The highest BCUT2D eigenvalue weighted by atomic mass is 35.5. The van der Waals surface area contributed by atoms with Gasteiger partial charge >= 0.3 is 6.09 Å². The van der Waals surface area contributed by atoms with E-state index in [1.807, 2.05) is 6.92 Å². The number of rotatable bonds is 13. The Kier molecular flexibility index (Phi) is 11.8. The lowest BCUT2D eigenvalue weighted by Crippen LogP contribution is -2.66. The highest BCUT2D eigenvalue weighted by Crippen LogP contribution is 2.38. The zero-order valence-corrected chi connectivity index (χ0v) is 29.7. The van der Waals surface area contributed by atoms with E-state index in [2.05, 4.69) is 20.9 Å². The molecule has 1 aliphatic carbocycles. The van der Waals surface area contributed by atoms with E-state index in [0.717, 1.165) is 11.3 Å². The summed E-state index contributed by atoms with van der Waals surface area (Å²) < 4.78 is 19.5. The van der Waals surface area contributed by atoms with E-state index in [-0.39, 0.29) is 43.1 Å². The summed E-state index contributed by atoms with van der Waals surface area (Å²) in [4.78, 5) is 57.5. The molecule has 0 radical (unpaired) electrons. The number of benzene rings is 3. The number of primary amides is 1. The van der Waals surface area contributed by atoms with E-state index in [0.29, 0.717) is 45.8 Å². The second kappa shape index (κ2) is 16.0. The van der Waals surface area contributed by atoms with Gasteiger partial charge in [-0.3, -0.25) is 14.4 Å². The average molecular weight is 741 g/mol. The fourth-order valence-electron chi connectivity index (χ4n) is 6.35. The lowest BCUT2D eigenvalue weighted by atomic mass is 9.78. The van der Waals surface area contributed by atoms with Gasteiger partial charge in [0, 0.05) is 28.1 Å². The van der Waals surface area contributed by atoms with Gasteiger partial charge in [-0.1, -0.05) is 73.8 Å². The first-order valence-electron chi connectivity index (χ1n) is 16.7. The second-order valence-electron chi connectivity index (χ2n) is 12.9. The third kappa shape index (κ3) is 8.74. The van der Waals surface area contributed by atoms with Crippen molar-refractivity contribution in [3.63, 3.8) is 0 Å². The highest BCUT2D eigenvalue weighted by molar-refractivity contribution is 6.38. The molecule has 1 aromatic heterocycles. The number of aromatic hydroxyl groups is 1. The number of aromatic amines is 1. The molecule has 7 N–H and O–H groups in total. The third-order valence-corrected chi connectivity index (χ3v) is 10.0. The smallest absolute Gasteiger partial charge is 0.408 e. The predicted octanol–water partition coefficient (Wildman–Crippen LogP) is 5.61. The van der Waals surface area contributed by atoms with Gasteiger partial charge in [0.25, 0.3) is 0 Å². The monoisotopic (exact) mass is 739 g/mol. The molecule has 14 heteroatoms. The summed E-state index contributed by atoms with van der Waals surface area (Å²) in [6.07, 6.45) is 0.409. The first kappa shape index (κ1) is 37.4. The number of hydrogen-bond donors (Lipinski definition) is 6. The van der Waals surface area contributed by atoms with Crippen molar-refractivity contribution in [2.75, 3.05) is 0 Å². The van der Waals surface area contributed by atoms with Crippen molar-refractivity contribution in [1.82, 2.24) is 20.9 Å². The zero-order valence-electron chi connectivity index (χ0n) is 28.2. The van der Waals surface area contributed by atoms with Crippen LogP contribution in [0.1, 0.15) is 55.5 Å². The number of carbonyl (C=O) groups is 4. The van der Waals surface area contributed by atoms with E-state index < -0.39 is 47.3 Å². The molecule has 0 bridgehead atoms. The van der Waals surface area contributed by atoms with E-state index in [4.69, 9.17) is 33.7 Å². The lowest BCUT2D eigenvalue weighted by Gasteiger charge is -2.39. The third-order valence-electron chi connectivity index (χ3n) is 9.49. The van der Waals surface area contributed by atoms with E-state index in [1.54, 1.807) is 37.3 Å². The van der Waals surface area contributed by atoms with Crippen LogP contribution in [0.25, 0.3) is 10.9 Å². The van der Waals surface area contributed by atoms with Crippen molar-refractivity contribution in [1.29, 1.82) is 0 Å². The molecule has 0 aliphatic heterocycles. The van der Waals surface area contributed by atoms with Crippen molar-refractivity contribution in [3.05, 3.63) is 98.9 Å². The zero-order chi connectivity index (χ0) is 36.9. The molecule has 5 rings (SSSR count). The van der Waals surface area contributed by atoms with Crippen LogP contribution in [0.2, 0.25) is 10.0 Å². The van der Waals surface area contributed by atoms with Crippen molar-refractivity contribution < 1.29 is 33.4 Å². The Morgan fingerprint density at radius 3 is 2.49 bits per heavy atom. The number of ether oxygens (including phenoxy) is 1. The predicted molar refractivity (Wildman–Crippen MR) is 192 cm³/mol. The molecule has 3 aromatic carbocycles. The lowest BCUT2D eigenvalue weighted by molar-refractivity contribution is -0.137. The number of alkyl carbamates (subject to hydrolysis) is 1. The van der Waals surface area contributed by atoms with Crippen LogP contribution < -0.4 is 21.7 Å². The molecule has 0 saturated carbocycles. The molecule has 4 aromatic rings. The maximum absolute atomic E-state index is 14.4. The second-order valence-corrected chi connectivity index (χ2v) is 13.8. The first-order valence-corrected chi connectivity index (χ1v) is 17.4. The van der Waals surface area contributed by atoms with Crippen LogP contribution in [0.4, 0.5) is 9.18 Å². The number of phenols is 1. The number of nitrogens with one attached hydrogen (secondary N) is 4. The molecule has 4 atom stereocenters. The standard InChI is InChI=1S/C37H40Cl2FN5O6/c1-3-20(2)31(33(41)47)44-35(49)37(15-14-29-26(18-37)25-16-23(38)17-27(39)32(25)42-29)45-34(48)30(13-10-21-8-11-24(46)12-9-21)43-36(50)51-19-22-6-4-5-7-28(22)40/h4-9,11-12,16-17,20,30-31,42,46H,3,10,13-15,18-19H2,1-2H3,(H2,41,47)(H,43,50)(H,44,49)(H,45,48)/t20-,30-,31?,37+/m0/s1. The fourth-order valence-corrected chi connectivity index (χ4v) is 6.89. The van der Waals surface area contributed by atoms with E-state index in [1.165, 1.54) is 30.3 Å². The summed E-state index contributed by atoms with van der Waals surface area (Å²) in [6, 6.07) is 13.3. The van der Waals surface area contributed by atoms with Crippen LogP contribution in [0.5, 0.6) is 5.75 Å². The van der Waals surface area contributed by atoms with Gasteiger partial charge in [-0.2, -0.15) is 0 Å². The van der Waals surface area contributed by atoms with Crippen LogP contribution in [0.15, 0.2) is 60.7 Å². The number of nitrogens with two attached hydrogens (primary N) is 1. The molecule has 0 spiro atoms. The number of phenolic OH excluding ortho intramolecular Hbond substituents is 1. The van der Waals surface area contributed by atoms with Gasteiger partial charge in [0.2, 0.25) is 17.7 Å². The Balaban J connectivity index is 1.46. The van der Waals surface area contributed by atoms with Crippen LogP contribution in [0.3, 0.4) is 0 Å². The molecule has 4 amide bonds. The highest BCUT2D eigenvalue weighted by Gasteiger charge is 2.46. The number of H-pyrrole nitrogens is 1. The normalized spacial score (nSPS) is 17.1. The maximum atomic E-state index is 14.4. The van der Waals surface area contributed by atoms with Gasteiger partial charge in [0.05, 0.1) is 10.5 Å². The van der Waals surface area contributed by atoms with Crippen molar-refractivity contribution in [2.45, 2.75) is 76.6 Å². The molecule has 0 fully saturated rings. The van der Waals surface area contributed by atoms with Gasteiger partial charge in [-0.25, -0.2) is 9.18 Å². The minimum absolute atomic E-state index is 0.00494. The number of aromatic nitrogens is 1. The SMILES string of the molecule is CC[C@H](C)C(NC(=O)[C@@]1(NC(=O)[C@H](CCc2ccc(O)cc2)NC(=O)OCc2ccccc2F)CCc2[nH]c3c(Cl)cc(Cl)cc3c2C1)C(N)=O. The molecule has 0 saturated heterocycles. The molecular formula is C37H40Cl2FN5O6. The number of hydrogen-bond acceptors (Lipinski definition) is 6. The minimum atomic E-state index is -1.59. The van der Waals surface area contributed by atoms with Crippen molar-refractivity contribution >= 4 is 57.9 Å². The Morgan fingerprint density at radius 2 is 1.80 bits per heavy atom. The number of amides is 4. The molecule has 11 nitrogen and oxygen atoms in total. The van der Waals surface area contributed by atoms with E-state index >= 15 is 0 Å². The van der Waals surface area contributed by atoms with E-state index in [9.17, 15) is 28.7 Å². The topological polar surface area (TPSA) is 176 Å². The number of fused-ring (bicyclic) bond motifs is 3. The summed E-state index contributed by atoms with van der Waals surface area (Å²) in [5.41, 5.74) is 7.21. The van der Waals surface area contributed by atoms with Crippen LogP contribution >= 0.6 is 23.2 Å². The summed E-state index contributed by atoms with van der Waals surface area (Å²) in [6.45, 7) is 3.28. The van der Waals surface area contributed by atoms with Crippen molar-refractivity contribution in [3.8, 4) is 5.75 Å². The largest absolute Gasteiger partial charge is 0.508 e. The quantitative estimate of drug-likeness (QED) is 0.104. The summed E-state index contributed by atoms with van der Waals surface area (Å²) in [7, 11) is 0.